The fraction of sp³-hybridized carbons (Fsp3) is 0.500. The summed E-state index contributed by atoms with van der Waals surface area (Å²) in [6.07, 6.45) is 4.48. The minimum Gasteiger partial charge on any atom is -0.310 e. The normalized spacial score (nSPS) is 12.5. The lowest BCUT2D eigenvalue weighted by atomic mass is 9.98. The summed E-state index contributed by atoms with van der Waals surface area (Å²) in [4.78, 5) is 4.62. The van der Waals surface area contributed by atoms with Crippen molar-refractivity contribution in [3.05, 3.63) is 51.5 Å². The summed E-state index contributed by atoms with van der Waals surface area (Å²) in [5.41, 5.74) is 4.03. The van der Waals surface area contributed by atoms with Crippen molar-refractivity contribution in [2.24, 2.45) is 0 Å². The van der Waals surface area contributed by atoms with Crippen LogP contribution in [0.15, 0.2) is 29.6 Å². The Bertz CT molecular complexity index is 548. The molecule has 0 aliphatic carbocycles. The summed E-state index contributed by atoms with van der Waals surface area (Å²) < 4.78 is 0. The van der Waals surface area contributed by atoms with Gasteiger partial charge in [-0.1, -0.05) is 44.5 Å². The molecule has 0 fully saturated rings. The van der Waals surface area contributed by atoms with E-state index in [1.165, 1.54) is 23.2 Å². The maximum atomic E-state index is 4.62. The number of nitrogens with zero attached hydrogens (tertiary/aromatic N) is 1. The molecule has 0 aliphatic heterocycles. The van der Waals surface area contributed by atoms with Crippen LogP contribution < -0.4 is 5.32 Å². The zero-order chi connectivity index (χ0) is 15.1. The van der Waals surface area contributed by atoms with Crippen molar-refractivity contribution in [1.82, 2.24) is 10.3 Å². The molecule has 1 aromatic heterocycles. The highest BCUT2D eigenvalue weighted by Crippen LogP contribution is 2.21. The van der Waals surface area contributed by atoms with Gasteiger partial charge >= 0.3 is 0 Å². The highest BCUT2D eigenvalue weighted by molar-refractivity contribution is 7.09. The van der Waals surface area contributed by atoms with Gasteiger partial charge in [0.15, 0.2) is 0 Å². The Balaban J connectivity index is 2.16. The van der Waals surface area contributed by atoms with Gasteiger partial charge in [0.1, 0.15) is 0 Å². The second kappa shape index (κ2) is 8.30. The number of nitrogens with one attached hydrogen (secondary N) is 1. The van der Waals surface area contributed by atoms with E-state index in [0.29, 0.717) is 6.04 Å². The zero-order valence-electron chi connectivity index (χ0n) is 13.4. The Morgan fingerprint density at radius 3 is 2.76 bits per heavy atom. The molecule has 0 saturated heterocycles. The van der Waals surface area contributed by atoms with E-state index in [9.17, 15) is 0 Å². The number of aromatic nitrogens is 1. The number of thiazole rings is 1. The number of benzene rings is 1. The topological polar surface area (TPSA) is 24.9 Å². The van der Waals surface area contributed by atoms with Gasteiger partial charge in [-0.2, -0.15) is 0 Å². The molecule has 1 aromatic carbocycles. The SMILES string of the molecule is CCCNC(Cc1csc(C)n1)c1cccc(CCC)c1. The molecule has 114 valence electrons. The molecule has 1 unspecified atom stereocenters. The quantitative estimate of drug-likeness (QED) is 0.765. The van der Waals surface area contributed by atoms with Crippen LogP contribution in [0.25, 0.3) is 0 Å². The molecule has 2 aromatic rings. The fourth-order valence-corrected chi connectivity index (χ4v) is 3.22. The molecule has 0 saturated carbocycles. The van der Waals surface area contributed by atoms with E-state index in [2.05, 4.69) is 60.7 Å². The molecule has 1 heterocycles. The average Bonchev–Trinajstić information content (AvgIpc) is 2.89. The minimum absolute atomic E-state index is 0.364. The molecule has 3 heteroatoms. The van der Waals surface area contributed by atoms with Crippen molar-refractivity contribution >= 4 is 11.3 Å². The van der Waals surface area contributed by atoms with Crippen LogP contribution in [0.1, 0.15) is 54.6 Å². The predicted molar refractivity (Wildman–Crippen MR) is 92.0 cm³/mol. The second-order valence-corrected chi connectivity index (χ2v) is 6.63. The van der Waals surface area contributed by atoms with E-state index in [4.69, 9.17) is 0 Å². The van der Waals surface area contributed by atoms with Gasteiger partial charge in [0.25, 0.3) is 0 Å². The molecule has 21 heavy (non-hydrogen) atoms. The summed E-state index contributed by atoms with van der Waals surface area (Å²) >= 11 is 1.74. The Morgan fingerprint density at radius 1 is 1.24 bits per heavy atom. The summed E-state index contributed by atoms with van der Waals surface area (Å²) in [6.45, 7) is 7.57. The van der Waals surface area contributed by atoms with Gasteiger partial charge < -0.3 is 5.32 Å². The molecule has 0 aliphatic rings. The Hall–Kier alpha value is -1.19. The average molecular weight is 302 g/mol. The molecule has 2 rings (SSSR count). The van der Waals surface area contributed by atoms with E-state index in [-0.39, 0.29) is 0 Å². The van der Waals surface area contributed by atoms with E-state index < -0.39 is 0 Å². The third-order valence-electron chi connectivity index (χ3n) is 3.61. The van der Waals surface area contributed by atoms with Gasteiger partial charge in [0.05, 0.1) is 10.7 Å². The minimum atomic E-state index is 0.364. The van der Waals surface area contributed by atoms with Crippen LogP contribution in [0.4, 0.5) is 0 Å². The summed E-state index contributed by atoms with van der Waals surface area (Å²) in [7, 11) is 0. The van der Waals surface area contributed by atoms with E-state index in [1.54, 1.807) is 11.3 Å². The van der Waals surface area contributed by atoms with Crippen molar-refractivity contribution < 1.29 is 0 Å². The zero-order valence-corrected chi connectivity index (χ0v) is 14.2. The predicted octanol–water partition coefficient (Wildman–Crippen LogP) is 4.69. The third kappa shape index (κ3) is 4.94. The fourth-order valence-electron chi connectivity index (χ4n) is 2.59. The Labute approximate surface area is 132 Å². The molecule has 1 atom stereocenters. The van der Waals surface area contributed by atoms with Crippen LogP contribution in [-0.2, 0) is 12.8 Å². The van der Waals surface area contributed by atoms with E-state index in [1.807, 2.05) is 0 Å². The molecule has 1 N–H and O–H groups in total. The van der Waals surface area contributed by atoms with Crippen LogP contribution in [0.3, 0.4) is 0 Å². The molecule has 0 spiro atoms. The summed E-state index contributed by atoms with van der Waals surface area (Å²) in [5, 5.41) is 7.02. The molecule has 2 nitrogen and oxygen atoms in total. The van der Waals surface area contributed by atoms with Crippen molar-refractivity contribution in [2.45, 2.75) is 52.5 Å². The largest absolute Gasteiger partial charge is 0.310 e. The first-order valence-electron chi connectivity index (χ1n) is 7.96. The number of aryl methyl sites for hydroxylation is 2. The monoisotopic (exact) mass is 302 g/mol. The lowest BCUT2D eigenvalue weighted by Crippen LogP contribution is -2.24. The van der Waals surface area contributed by atoms with Gasteiger partial charge in [-0.05, 0) is 37.4 Å². The molecular formula is C18H26N2S. The van der Waals surface area contributed by atoms with E-state index >= 15 is 0 Å². The van der Waals surface area contributed by atoms with Gasteiger partial charge in [-0.15, -0.1) is 11.3 Å². The molecule has 0 amide bonds. The standard InChI is InChI=1S/C18H26N2S/c1-4-7-15-8-6-9-16(11-15)18(19-10-5-2)12-17-13-21-14(3)20-17/h6,8-9,11,13,18-19H,4-5,7,10,12H2,1-3H3. The number of rotatable bonds is 8. The van der Waals surface area contributed by atoms with Gasteiger partial charge in [-0.3, -0.25) is 0 Å². The Morgan fingerprint density at radius 2 is 2.10 bits per heavy atom. The van der Waals surface area contributed by atoms with Gasteiger partial charge in [0.2, 0.25) is 0 Å². The molecule has 0 bridgehead atoms. The summed E-state index contributed by atoms with van der Waals surface area (Å²) in [6, 6.07) is 9.38. The first kappa shape index (κ1) is 16.2. The third-order valence-corrected chi connectivity index (χ3v) is 4.43. The lowest BCUT2D eigenvalue weighted by Gasteiger charge is -2.19. The molecular weight excluding hydrogens is 276 g/mol. The summed E-state index contributed by atoms with van der Waals surface area (Å²) in [5.74, 6) is 0. The first-order chi connectivity index (χ1) is 10.2. The van der Waals surface area contributed by atoms with E-state index in [0.717, 1.165) is 30.8 Å². The van der Waals surface area contributed by atoms with Crippen LogP contribution >= 0.6 is 11.3 Å². The smallest absolute Gasteiger partial charge is 0.0897 e. The van der Waals surface area contributed by atoms with Crippen molar-refractivity contribution in [3.8, 4) is 0 Å². The van der Waals surface area contributed by atoms with Crippen LogP contribution in [0, 0.1) is 6.92 Å². The second-order valence-electron chi connectivity index (χ2n) is 5.56. The maximum Gasteiger partial charge on any atom is 0.0897 e. The first-order valence-corrected chi connectivity index (χ1v) is 8.84. The highest BCUT2D eigenvalue weighted by atomic mass is 32.1. The van der Waals surface area contributed by atoms with Crippen LogP contribution in [-0.4, -0.2) is 11.5 Å². The maximum absolute atomic E-state index is 4.62. The van der Waals surface area contributed by atoms with Crippen molar-refractivity contribution in [1.29, 1.82) is 0 Å². The van der Waals surface area contributed by atoms with Gasteiger partial charge in [-0.25, -0.2) is 4.98 Å². The van der Waals surface area contributed by atoms with Crippen LogP contribution in [0.5, 0.6) is 0 Å². The van der Waals surface area contributed by atoms with Gasteiger partial charge in [0, 0.05) is 17.8 Å². The lowest BCUT2D eigenvalue weighted by molar-refractivity contribution is 0.524. The number of hydrogen-bond acceptors (Lipinski definition) is 3. The van der Waals surface area contributed by atoms with Crippen molar-refractivity contribution in [3.63, 3.8) is 0 Å². The molecule has 0 radical (unpaired) electrons. The van der Waals surface area contributed by atoms with Crippen LogP contribution in [0.2, 0.25) is 0 Å². The highest BCUT2D eigenvalue weighted by Gasteiger charge is 2.13. The number of hydrogen-bond donors (Lipinski definition) is 1. The Kier molecular flexibility index (Phi) is 6.40. The van der Waals surface area contributed by atoms with Crippen molar-refractivity contribution in [2.75, 3.05) is 6.54 Å².